The van der Waals surface area contributed by atoms with E-state index in [1.165, 1.54) is 24.0 Å². The molecular weight excluding hydrogens is 456 g/mol. The van der Waals surface area contributed by atoms with Crippen LogP contribution in [0.25, 0.3) is 11.0 Å². The van der Waals surface area contributed by atoms with Gasteiger partial charge in [-0.15, -0.1) is 5.92 Å². The van der Waals surface area contributed by atoms with Gasteiger partial charge in [0.25, 0.3) is 0 Å². The van der Waals surface area contributed by atoms with Crippen molar-refractivity contribution in [3.05, 3.63) is 59.3 Å². The van der Waals surface area contributed by atoms with E-state index in [1.54, 1.807) is 31.3 Å². The molecule has 1 saturated carbocycles. The van der Waals surface area contributed by atoms with Gasteiger partial charge in [-0.1, -0.05) is 23.7 Å². The number of amidine groups is 1. The Labute approximate surface area is 200 Å². The zero-order chi connectivity index (χ0) is 23.9. The van der Waals surface area contributed by atoms with Crippen molar-refractivity contribution in [2.24, 2.45) is 16.6 Å². The van der Waals surface area contributed by atoms with E-state index in [2.05, 4.69) is 31.8 Å². The first kappa shape index (κ1) is 22.5. The van der Waals surface area contributed by atoms with Crippen LogP contribution in [0.15, 0.2) is 41.7 Å². The number of thioether (sulfide) groups is 1. The van der Waals surface area contributed by atoms with Gasteiger partial charge in [-0.25, -0.2) is 23.7 Å². The average Bonchev–Trinajstić information content (AvgIpc) is 3.51. The minimum absolute atomic E-state index is 0.107. The number of halogens is 2. The van der Waals surface area contributed by atoms with Gasteiger partial charge in [0.2, 0.25) is 5.88 Å². The van der Waals surface area contributed by atoms with Crippen LogP contribution in [0.3, 0.4) is 0 Å². The van der Waals surface area contributed by atoms with Crippen molar-refractivity contribution in [3.8, 4) is 17.7 Å². The third-order valence-corrected chi connectivity index (χ3v) is 7.68. The van der Waals surface area contributed by atoms with Crippen LogP contribution in [-0.2, 0) is 12.0 Å². The number of rotatable bonds is 6. The molecule has 1 aliphatic carbocycles. The molecule has 34 heavy (non-hydrogen) atoms. The van der Waals surface area contributed by atoms with Crippen molar-refractivity contribution >= 4 is 28.0 Å². The SMILES string of the molecule is CC#CCOc1cnc2c(Cc3ccc(F)c([C@@]4(CF)N=C(N)S[C@@]5(C)C[C@H]54)c3)nccc2n1. The van der Waals surface area contributed by atoms with Gasteiger partial charge in [-0.05, 0) is 44.0 Å². The number of pyridine rings is 1. The summed E-state index contributed by atoms with van der Waals surface area (Å²) in [6.07, 6.45) is 4.29. The van der Waals surface area contributed by atoms with E-state index < -0.39 is 18.0 Å². The summed E-state index contributed by atoms with van der Waals surface area (Å²) >= 11 is 1.45. The Morgan fingerprint density at radius 3 is 2.94 bits per heavy atom. The number of aromatic nitrogens is 3. The largest absolute Gasteiger partial charge is 0.463 e. The minimum Gasteiger partial charge on any atom is -0.463 e. The van der Waals surface area contributed by atoms with Gasteiger partial charge in [0.15, 0.2) is 11.8 Å². The van der Waals surface area contributed by atoms with E-state index in [9.17, 15) is 4.39 Å². The fourth-order valence-electron chi connectivity index (χ4n) is 4.68. The van der Waals surface area contributed by atoms with Gasteiger partial charge in [-0.2, -0.15) is 0 Å². The number of nitrogens with two attached hydrogens (primary N) is 1. The Morgan fingerprint density at radius 2 is 2.15 bits per heavy atom. The second-order valence-corrected chi connectivity index (χ2v) is 10.3. The summed E-state index contributed by atoms with van der Waals surface area (Å²) in [6, 6.07) is 6.49. The zero-order valence-electron chi connectivity index (χ0n) is 18.8. The van der Waals surface area contributed by atoms with Crippen LogP contribution in [0.1, 0.15) is 37.1 Å². The molecule has 0 radical (unpaired) electrons. The molecule has 3 heterocycles. The number of ether oxygens (including phenoxy) is 1. The molecular formula is C25H23F2N5OS. The maximum absolute atomic E-state index is 15.0. The molecule has 2 N–H and O–H groups in total. The van der Waals surface area contributed by atoms with Gasteiger partial charge in [0.05, 0.1) is 17.4 Å². The van der Waals surface area contributed by atoms with E-state index in [-0.39, 0.29) is 22.8 Å². The normalized spacial score (nSPS) is 25.2. The molecule has 174 valence electrons. The predicted molar refractivity (Wildman–Crippen MR) is 129 cm³/mol. The number of nitrogens with zero attached hydrogens (tertiary/aromatic N) is 4. The quantitative estimate of drug-likeness (QED) is 0.535. The Balaban J connectivity index is 1.49. The molecule has 1 fully saturated rings. The van der Waals surface area contributed by atoms with Crippen molar-refractivity contribution < 1.29 is 13.5 Å². The first-order valence-corrected chi connectivity index (χ1v) is 11.7. The summed E-state index contributed by atoms with van der Waals surface area (Å²) in [5.41, 5.74) is 7.67. The number of hydrogen-bond acceptors (Lipinski definition) is 7. The van der Waals surface area contributed by atoms with Gasteiger partial charge in [0, 0.05) is 28.8 Å². The second kappa shape index (κ2) is 8.51. The van der Waals surface area contributed by atoms with E-state index in [0.29, 0.717) is 34.2 Å². The van der Waals surface area contributed by atoms with Crippen LogP contribution in [0.2, 0.25) is 0 Å². The van der Waals surface area contributed by atoms with Gasteiger partial charge < -0.3 is 10.5 Å². The predicted octanol–water partition coefficient (Wildman–Crippen LogP) is 4.16. The van der Waals surface area contributed by atoms with Crippen LogP contribution >= 0.6 is 11.8 Å². The number of fused-ring (bicyclic) bond motifs is 2. The fourth-order valence-corrected chi connectivity index (χ4v) is 5.96. The third kappa shape index (κ3) is 3.86. The number of aliphatic imine (C=N–C) groups is 1. The highest BCUT2D eigenvalue weighted by Gasteiger charge is 2.65. The Kier molecular flexibility index (Phi) is 5.64. The summed E-state index contributed by atoms with van der Waals surface area (Å²) in [5, 5.41) is 0.299. The van der Waals surface area contributed by atoms with Crippen LogP contribution in [0.4, 0.5) is 8.78 Å². The molecule has 1 aromatic carbocycles. The summed E-state index contributed by atoms with van der Waals surface area (Å²) in [4.78, 5) is 17.9. The Bertz CT molecular complexity index is 1370. The molecule has 1 aliphatic heterocycles. The highest BCUT2D eigenvalue weighted by molar-refractivity contribution is 8.15. The van der Waals surface area contributed by atoms with Gasteiger partial charge >= 0.3 is 0 Å². The van der Waals surface area contributed by atoms with Crippen LogP contribution < -0.4 is 10.5 Å². The van der Waals surface area contributed by atoms with Crippen molar-refractivity contribution in [2.75, 3.05) is 13.3 Å². The van der Waals surface area contributed by atoms with E-state index in [0.717, 1.165) is 12.0 Å². The van der Waals surface area contributed by atoms with Crippen molar-refractivity contribution in [3.63, 3.8) is 0 Å². The lowest BCUT2D eigenvalue weighted by Crippen LogP contribution is -2.39. The zero-order valence-corrected chi connectivity index (χ0v) is 19.6. The molecule has 2 aromatic heterocycles. The topological polar surface area (TPSA) is 86.3 Å². The maximum Gasteiger partial charge on any atom is 0.233 e. The molecule has 6 nitrogen and oxygen atoms in total. The summed E-state index contributed by atoms with van der Waals surface area (Å²) in [5.74, 6) is 5.36. The van der Waals surface area contributed by atoms with Crippen molar-refractivity contribution in [1.82, 2.24) is 15.0 Å². The number of hydrogen-bond donors (Lipinski definition) is 1. The van der Waals surface area contributed by atoms with E-state index in [1.807, 2.05) is 6.92 Å². The highest BCUT2D eigenvalue weighted by Crippen LogP contribution is 2.65. The van der Waals surface area contributed by atoms with Crippen LogP contribution in [-0.4, -0.2) is 38.1 Å². The summed E-state index contributed by atoms with van der Waals surface area (Å²) < 4.78 is 34.9. The molecule has 3 aromatic rings. The van der Waals surface area contributed by atoms with Crippen LogP contribution in [0, 0.1) is 23.6 Å². The Morgan fingerprint density at radius 1 is 1.29 bits per heavy atom. The smallest absolute Gasteiger partial charge is 0.233 e. The molecule has 3 atom stereocenters. The van der Waals surface area contributed by atoms with Crippen molar-refractivity contribution in [1.29, 1.82) is 0 Å². The molecule has 0 spiro atoms. The molecule has 0 saturated heterocycles. The standard InChI is InChI=1S/C25H23F2N5OS/c1-3-4-9-33-21-13-30-22-18(31-21)7-8-29-19(22)11-15-5-6-17(27)16(10-15)25(14-26)20-12-24(20,2)34-23(28)32-25/h5-8,10,13,20H,9,11-12,14H2,1-2H3,(H2,28,32)/t20-,24+,25-/m1/s1. The van der Waals surface area contributed by atoms with Gasteiger partial charge in [-0.3, -0.25) is 4.98 Å². The van der Waals surface area contributed by atoms with E-state index in [4.69, 9.17) is 10.5 Å². The lowest BCUT2D eigenvalue weighted by molar-refractivity contribution is 0.265. The lowest BCUT2D eigenvalue weighted by atomic mass is 9.84. The number of alkyl halides is 1. The second-order valence-electron chi connectivity index (χ2n) is 8.72. The molecule has 0 amide bonds. The molecule has 0 bridgehead atoms. The van der Waals surface area contributed by atoms with Crippen molar-refractivity contribution in [2.45, 2.75) is 37.0 Å². The Hall–Kier alpha value is -3.25. The molecule has 2 aliphatic rings. The molecule has 5 rings (SSSR count). The monoisotopic (exact) mass is 479 g/mol. The fraction of sp³-hybridized carbons (Fsp3) is 0.360. The first-order chi connectivity index (χ1) is 16.4. The van der Waals surface area contributed by atoms with Crippen LogP contribution in [0.5, 0.6) is 5.88 Å². The maximum atomic E-state index is 15.0. The summed E-state index contributed by atoms with van der Waals surface area (Å²) in [6.45, 7) is 3.19. The molecule has 0 unspecified atom stereocenters. The number of benzene rings is 1. The highest BCUT2D eigenvalue weighted by atomic mass is 32.2. The lowest BCUT2D eigenvalue weighted by Gasteiger charge is -2.34. The summed E-state index contributed by atoms with van der Waals surface area (Å²) in [7, 11) is 0. The van der Waals surface area contributed by atoms with Gasteiger partial charge in [0.1, 0.15) is 23.5 Å². The first-order valence-electron chi connectivity index (χ1n) is 10.9. The molecule has 9 heteroatoms. The minimum atomic E-state index is -1.30. The average molecular weight is 480 g/mol. The van der Waals surface area contributed by atoms with E-state index >= 15 is 4.39 Å². The third-order valence-electron chi connectivity index (χ3n) is 6.47.